The van der Waals surface area contributed by atoms with Gasteiger partial charge in [-0.1, -0.05) is 6.07 Å². The first-order valence-electron chi connectivity index (χ1n) is 10.5. The third-order valence-electron chi connectivity index (χ3n) is 5.15. The van der Waals surface area contributed by atoms with Gasteiger partial charge in [-0.2, -0.15) is 0 Å². The number of fused-ring (bicyclic) bond motifs is 1. The van der Waals surface area contributed by atoms with E-state index in [1.54, 1.807) is 26.0 Å². The minimum absolute atomic E-state index is 0.0104. The van der Waals surface area contributed by atoms with Crippen LogP contribution in [-0.2, 0) is 23.5 Å². The van der Waals surface area contributed by atoms with E-state index in [0.29, 0.717) is 30.4 Å². The van der Waals surface area contributed by atoms with Crippen molar-refractivity contribution in [3.05, 3.63) is 47.0 Å². The molecule has 2 aromatic carbocycles. The largest absolute Gasteiger partial charge is 0.494 e. The van der Waals surface area contributed by atoms with Gasteiger partial charge in [0.15, 0.2) is 11.5 Å². The van der Waals surface area contributed by atoms with Gasteiger partial charge in [0.25, 0.3) is 0 Å². The molecule has 0 aromatic heterocycles. The Bertz CT molecular complexity index is 917. The smallest absolute Gasteiger partial charge is 0.233 e. The normalized spacial score (nSPS) is 15.6. The van der Waals surface area contributed by atoms with Gasteiger partial charge in [-0.25, -0.2) is 0 Å². The second kappa shape index (κ2) is 10.7. The summed E-state index contributed by atoms with van der Waals surface area (Å²) in [6.45, 7) is 7.00. The van der Waals surface area contributed by atoms with E-state index in [-0.39, 0.29) is 17.3 Å². The molecular weight excluding hydrogens is 414 g/mol. The maximum absolute atomic E-state index is 12.6. The highest BCUT2D eigenvalue weighted by Gasteiger charge is 2.23. The van der Waals surface area contributed by atoms with Gasteiger partial charge in [-0.3, -0.25) is 4.79 Å². The molecule has 2 atom stereocenters. The molecule has 0 spiro atoms. The maximum Gasteiger partial charge on any atom is 0.233 e. The molecule has 1 aliphatic heterocycles. The van der Waals surface area contributed by atoms with Crippen molar-refractivity contribution in [1.82, 2.24) is 5.32 Å². The third kappa shape index (κ3) is 5.79. The highest BCUT2D eigenvalue weighted by Crippen LogP contribution is 2.37. The fraction of sp³-hybridized carbons (Fsp3) is 0.458. The predicted octanol–water partition coefficient (Wildman–Crippen LogP) is 4.36. The molecule has 1 amide bonds. The maximum atomic E-state index is 12.6. The molecule has 0 bridgehead atoms. The van der Waals surface area contributed by atoms with Crippen LogP contribution in [0.1, 0.15) is 37.5 Å². The van der Waals surface area contributed by atoms with Crippen LogP contribution in [0.2, 0.25) is 0 Å². The summed E-state index contributed by atoms with van der Waals surface area (Å²) in [4.78, 5) is 12.6. The summed E-state index contributed by atoms with van der Waals surface area (Å²) in [5.41, 5.74) is 3.19. The number of carbonyl (C=O) groups excluding carboxylic acids is 1. The average Bonchev–Trinajstić information content (AvgIpc) is 3.14. The van der Waals surface area contributed by atoms with E-state index in [1.807, 2.05) is 32.0 Å². The summed E-state index contributed by atoms with van der Waals surface area (Å²) in [5, 5.41) is 2.79. The molecule has 3 rings (SSSR count). The molecule has 6 nitrogen and oxygen atoms in total. The molecule has 2 aromatic rings. The molecule has 0 radical (unpaired) electrons. The fourth-order valence-corrected chi connectivity index (χ4v) is 4.39. The second-order valence-electron chi connectivity index (χ2n) is 7.49. The van der Waals surface area contributed by atoms with Crippen molar-refractivity contribution in [2.75, 3.05) is 20.8 Å². The molecule has 0 fully saturated rings. The van der Waals surface area contributed by atoms with Crippen molar-refractivity contribution in [2.24, 2.45) is 0 Å². The van der Waals surface area contributed by atoms with Crippen LogP contribution in [0.5, 0.6) is 23.0 Å². The van der Waals surface area contributed by atoms with Crippen molar-refractivity contribution in [1.29, 1.82) is 0 Å². The molecule has 7 heteroatoms. The van der Waals surface area contributed by atoms with Crippen molar-refractivity contribution in [3.8, 4) is 23.0 Å². The topological polar surface area (TPSA) is 66.0 Å². The van der Waals surface area contributed by atoms with Crippen molar-refractivity contribution < 1.29 is 23.7 Å². The zero-order valence-electron chi connectivity index (χ0n) is 18.8. The number of nitrogens with one attached hydrogen (secondary N) is 1. The summed E-state index contributed by atoms with van der Waals surface area (Å²) >= 11 is 1.58. The molecule has 168 valence electrons. The number of amides is 1. The van der Waals surface area contributed by atoms with Crippen LogP contribution < -0.4 is 24.3 Å². The number of hydrogen-bond donors (Lipinski definition) is 1. The average molecular weight is 446 g/mol. The first-order valence-corrected chi connectivity index (χ1v) is 11.6. The Balaban J connectivity index is 1.57. The number of benzene rings is 2. The molecule has 31 heavy (non-hydrogen) atoms. The lowest BCUT2D eigenvalue weighted by molar-refractivity contribution is -0.120. The Kier molecular flexibility index (Phi) is 7.96. The Morgan fingerprint density at radius 2 is 1.97 bits per heavy atom. The van der Waals surface area contributed by atoms with E-state index >= 15 is 0 Å². The summed E-state index contributed by atoms with van der Waals surface area (Å²) in [6, 6.07) is 9.77. The SMILES string of the molecule is CCOc1cc2c(cc1CSC(C)C(=O)NCc1ccc(OC)c(OC)c1)OC(C)C2. The molecule has 0 aliphatic carbocycles. The summed E-state index contributed by atoms with van der Waals surface area (Å²) in [6.07, 6.45) is 1.09. The molecular formula is C24H31NO5S. The van der Waals surface area contributed by atoms with Crippen molar-refractivity contribution in [2.45, 2.75) is 50.8 Å². The molecule has 2 unspecified atom stereocenters. The number of carbonyl (C=O) groups is 1. The highest BCUT2D eigenvalue weighted by atomic mass is 32.2. The first-order chi connectivity index (χ1) is 14.9. The van der Waals surface area contributed by atoms with Crippen molar-refractivity contribution >= 4 is 17.7 Å². The van der Waals surface area contributed by atoms with E-state index in [9.17, 15) is 4.79 Å². The van der Waals surface area contributed by atoms with E-state index in [0.717, 1.165) is 29.0 Å². The van der Waals surface area contributed by atoms with Gasteiger partial charge >= 0.3 is 0 Å². The number of ether oxygens (including phenoxy) is 4. The lowest BCUT2D eigenvalue weighted by Gasteiger charge is -2.16. The zero-order valence-corrected chi connectivity index (χ0v) is 19.6. The van der Waals surface area contributed by atoms with Crippen LogP contribution in [0.25, 0.3) is 0 Å². The van der Waals surface area contributed by atoms with Gasteiger partial charge in [0, 0.05) is 29.8 Å². The summed E-state index contributed by atoms with van der Waals surface area (Å²) < 4.78 is 22.3. The number of rotatable bonds is 10. The minimum atomic E-state index is -0.206. The monoisotopic (exact) mass is 445 g/mol. The number of methoxy groups -OCH3 is 2. The minimum Gasteiger partial charge on any atom is -0.494 e. The van der Waals surface area contributed by atoms with Gasteiger partial charge in [-0.15, -0.1) is 11.8 Å². The van der Waals surface area contributed by atoms with Crippen LogP contribution in [0.4, 0.5) is 0 Å². The van der Waals surface area contributed by atoms with E-state index in [4.69, 9.17) is 18.9 Å². The van der Waals surface area contributed by atoms with Gasteiger partial charge in [0.2, 0.25) is 5.91 Å². The first kappa shape index (κ1) is 23.1. The van der Waals surface area contributed by atoms with E-state index in [1.165, 1.54) is 5.56 Å². The Hall–Kier alpha value is -2.54. The number of hydrogen-bond acceptors (Lipinski definition) is 6. The predicted molar refractivity (Wildman–Crippen MR) is 124 cm³/mol. The highest BCUT2D eigenvalue weighted by molar-refractivity contribution is 7.99. The molecule has 1 N–H and O–H groups in total. The molecule has 0 saturated heterocycles. The Morgan fingerprint density at radius 1 is 1.19 bits per heavy atom. The molecule has 1 aliphatic rings. The summed E-state index contributed by atoms with van der Waals surface area (Å²) in [5.74, 6) is 3.78. The van der Waals surface area contributed by atoms with E-state index in [2.05, 4.69) is 24.4 Å². The second-order valence-corrected chi connectivity index (χ2v) is 8.82. The Labute approximate surface area is 188 Å². The van der Waals surface area contributed by atoms with Crippen LogP contribution in [0.3, 0.4) is 0 Å². The standard InChI is InChI=1S/C24H31NO5S/c1-6-29-21-11-18-9-15(2)30-22(18)12-19(21)14-31-16(3)24(26)25-13-17-7-8-20(27-4)23(10-17)28-5/h7-8,10-12,15-16H,6,9,13-14H2,1-5H3,(H,25,26). The van der Waals surface area contributed by atoms with Crippen molar-refractivity contribution in [3.63, 3.8) is 0 Å². The van der Waals surface area contributed by atoms with Gasteiger partial charge in [-0.05, 0) is 50.6 Å². The van der Waals surface area contributed by atoms with Crippen LogP contribution in [0, 0.1) is 0 Å². The number of thioether (sulfide) groups is 1. The van der Waals surface area contributed by atoms with Crippen LogP contribution in [0.15, 0.2) is 30.3 Å². The lowest BCUT2D eigenvalue weighted by Crippen LogP contribution is -2.30. The summed E-state index contributed by atoms with van der Waals surface area (Å²) in [7, 11) is 3.20. The van der Waals surface area contributed by atoms with Gasteiger partial charge in [0.05, 0.1) is 26.1 Å². The van der Waals surface area contributed by atoms with Crippen LogP contribution >= 0.6 is 11.8 Å². The van der Waals surface area contributed by atoms with Gasteiger partial charge in [0.1, 0.15) is 17.6 Å². The zero-order chi connectivity index (χ0) is 22.4. The quantitative estimate of drug-likeness (QED) is 0.586. The van der Waals surface area contributed by atoms with Gasteiger partial charge < -0.3 is 24.3 Å². The fourth-order valence-electron chi connectivity index (χ4n) is 3.50. The van der Waals surface area contributed by atoms with E-state index < -0.39 is 0 Å². The Morgan fingerprint density at radius 3 is 2.68 bits per heavy atom. The third-order valence-corrected chi connectivity index (χ3v) is 6.34. The lowest BCUT2D eigenvalue weighted by atomic mass is 10.1. The molecule has 1 heterocycles. The van der Waals surface area contributed by atoms with Crippen LogP contribution in [-0.4, -0.2) is 38.1 Å². The molecule has 0 saturated carbocycles.